The van der Waals surface area contributed by atoms with E-state index >= 15 is 0 Å². The molecule has 1 N–H and O–H groups in total. The molecular weight excluding hydrogens is 274 g/mol. The minimum Gasteiger partial charge on any atom is -0.457 e. The Labute approximate surface area is 132 Å². The summed E-state index contributed by atoms with van der Waals surface area (Å²) in [5.41, 5.74) is 0.988. The van der Waals surface area contributed by atoms with Crippen molar-refractivity contribution in [3.05, 3.63) is 60.2 Å². The molecule has 0 aliphatic heterocycles. The number of amides is 1. The Morgan fingerprint density at radius 1 is 1.00 bits per heavy atom. The smallest absolute Gasteiger partial charge is 0.224 e. The summed E-state index contributed by atoms with van der Waals surface area (Å²) in [6, 6.07) is 17.3. The Morgan fingerprint density at radius 2 is 1.64 bits per heavy atom. The molecule has 0 unspecified atom stereocenters. The largest absolute Gasteiger partial charge is 0.457 e. The highest BCUT2D eigenvalue weighted by molar-refractivity contribution is 5.78. The van der Waals surface area contributed by atoms with Crippen LogP contribution in [0.2, 0.25) is 0 Å². The zero-order valence-electron chi connectivity index (χ0n) is 13.2. The van der Waals surface area contributed by atoms with Crippen LogP contribution in [0.3, 0.4) is 0 Å². The van der Waals surface area contributed by atoms with Crippen molar-refractivity contribution in [2.45, 2.75) is 26.7 Å². The average molecular weight is 297 g/mol. The van der Waals surface area contributed by atoms with Gasteiger partial charge in [-0.05, 0) is 42.2 Å². The van der Waals surface area contributed by atoms with Crippen molar-refractivity contribution < 1.29 is 9.53 Å². The summed E-state index contributed by atoms with van der Waals surface area (Å²) < 4.78 is 5.73. The van der Waals surface area contributed by atoms with Gasteiger partial charge in [-0.15, -0.1) is 0 Å². The van der Waals surface area contributed by atoms with Gasteiger partial charge in [-0.3, -0.25) is 4.79 Å². The lowest BCUT2D eigenvalue weighted by Gasteiger charge is -2.08. The van der Waals surface area contributed by atoms with Crippen molar-refractivity contribution in [2.24, 2.45) is 5.92 Å². The Bertz CT molecular complexity index is 576. The Hall–Kier alpha value is -2.29. The summed E-state index contributed by atoms with van der Waals surface area (Å²) in [7, 11) is 0. The van der Waals surface area contributed by atoms with Crippen LogP contribution in [-0.2, 0) is 11.2 Å². The molecule has 0 fully saturated rings. The standard InChI is InChI=1S/C19H23NO2/c1-15(2)12-13-20-19(21)14-16-8-10-18(11-9-16)22-17-6-4-3-5-7-17/h3-11,15H,12-14H2,1-2H3,(H,20,21). The van der Waals surface area contributed by atoms with Crippen molar-refractivity contribution in [3.8, 4) is 11.5 Å². The van der Waals surface area contributed by atoms with Gasteiger partial charge in [-0.1, -0.05) is 44.2 Å². The molecule has 0 saturated heterocycles. The fourth-order valence-corrected chi connectivity index (χ4v) is 2.05. The molecular formula is C19H23NO2. The summed E-state index contributed by atoms with van der Waals surface area (Å²) in [4.78, 5) is 11.8. The van der Waals surface area contributed by atoms with E-state index in [0.29, 0.717) is 12.3 Å². The van der Waals surface area contributed by atoms with E-state index in [1.807, 2.05) is 54.6 Å². The molecule has 0 aliphatic carbocycles. The first-order valence-corrected chi connectivity index (χ1v) is 7.72. The number of para-hydroxylation sites is 1. The predicted octanol–water partition coefficient (Wildman–Crippen LogP) is 4.18. The van der Waals surface area contributed by atoms with Gasteiger partial charge in [0.25, 0.3) is 0 Å². The monoisotopic (exact) mass is 297 g/mol. The molecule has 2 aromatic carbocycles. The van der Waals surface area contributed by atoms with E-state index in [1.54, 1.807) is 0 Å². The van der Waals surface area contributed by atoms with E-state index in [0.717, 1.165) is 30.0 Å². The van der Waals surface area contributed by atoms with Gasteiger partial charge in [-0.25, -0.2) is 0 Å². The second kappa shape index (κ2) is 8.23. The van der Waals surface area contributed by atoms with E-state index in [4.69, 9.17) is 4.74 Å². The predicted molar refractivity (Wildman–Crippen MR) is 89.1 cm³/mol. The van der Waals surface area contributed by atoms with Crippen LogP contribution in [0.4, 0.5) is 0 Å². The molecule has 2 rings (SSSR count). The van der Waals surface area contributed by atoms with E-state index < -0.39 is 0 Å². The van der Waals surface area contributed by atoms with Crippen LogP contribution < -0.4 is 10.1 Å². The van der Waals surface area contributed by atoms with Crippen molar-refractivity contribution in [2.75, 3.05) is 6.54 Å². The number of rotatable bonds is 7. The van der Waals surface area contributed by atoms with Crippen LogP contribution in [0, 0.1) is 5.92 Å². The lowest BCUT2D eigenvalue weighted by Crippen LogP contribution is -2.26. The maximum Gasteiger partial charge on any atom is 0.224 e. The molecule has 0 bridgehead atoms. The van der Waals surface area contributed by atoms with E-state index in [2.05, 4.69) is 19.2 Å². The second-order valence-corrected chi connectivity index (χ2v) is 5.77. The van der Waals surface area contributed by atoms with Gasteiger partial charge < -0.3 is 10.1 Å². The maximum absolute atomic E-state index is 11.8. The van der Waals surface area contributed by atoms with Gasteiger partial charge in [0.1, 0.15) is 11.5 Å². The summed E-state index contributed by atoms with van der Waals surface area (Å²) in [5, 5.41) is 2.95. The number of benzene rings is 2. The Balaban J connectivity index is 1.82. The first-order chi connectivity index (χ1) is 10.6. The summed E-state index contributed by atoms with van der Waals surface area (Å²) in [6.07, 6.45) is 1.42. The Kier molecular flexibility index (Phi) is 6.01. The third kappa shape index (κ3) is 5.60. The van der Waals surface area contributed by atoms with Crippen molar-refractivity contribution in [1.82, 2.24) is 5.32 Å². The van der Waals surface area contributed by atoms with Gasteiger partial charge in [0.2, 0.25) is 5.91 Å². The van der Waals surface area contributed by atoms with Gasteiger partial charge >= 0.3 is 0 Å². The second-order valence-electron chi connectivity index (χ2n) is 5.77. The maximum atomic E-state index is 11.8. The van der Waals surface area contributed by atoms with Gasteiger partial charge in [0, 0.05) is 6.54 Å². The zero-order valence-corrected chi connectivity index (χ0v) is 13.2. The molecule has 0 aliphatic rings. The summed E-state index contributed by atoms with van der Waals surface area (Å²) in [6.45, 7) is 5.04. The van der Waals surface area contributed by atoms with Crippen LogP contribution in [0.1, 0.15) is 25.8 Å². The van der Waals surface area contributed by atoms with Crippen molar-refractivity contribution in [3.63, 3.8) is 0 Å². The molecule has 3 heteroatoms. The summed E-state index contributed by atoms with van der Waals surface area (Å²) >= 11 is 0. The molecule has 0 radical (unpaired) electrons. The lowest BCUT2D eigenvalue weighted by atomic mass is 10.1. The number of carbonyl (C=O) groups is 1. The molecule has 3 nitrogen and oxygen atoms in total. The van der Waals surface area contributed by atoms with Gasteiger partial charge in [-0.2, -0.15) is 0 Å². The molecule has 0 saturated carbocycles. The third-order valence-corrected chi connectivity index (χ3v) is 3.31. The number of ether oxygens (including phenoxy) is 1. The highest BCUT2D eigenvalue weighted by Crippen LogP contribution is 2.21. The molecule has 116 valence electrons. The molecule has 0 heterocycles. The number of hydrogen-bond acceptors (Lipinski definition) is 2. The fraction of sp³-hybridized carbons (Fsp3) is 0.316. The number of carbonyl (C=O) groups excluding carboxylic acids is 1. The first kappa shape index (κ1) is 16.1. The minimum atomic E-state index is 0.0670. The van der Waals surface area contributed by atoms with Crippen LogP contribution >= 0.6 is 0 Å². The molecule has 22 heavy (non-hydrogen) atoms. The Morgan fingerprint density at radius 3 is 2.27 bits per heavy atom. The first-order valence-electron chi connectivity index (χ1n) is 7.72. The van der Waals surface area contributed by atoms with Crippen LogP contribution in [0.15, 0.2) is 54.6 Å². The molecule has 2 aromatic rings. The quantitative estimate of drug-likeness (QED) is 0.832. The molecule has 0 aromatic heterocycles. The van der Waals surface area contributed by atoms with Gasteiger partial charge in [0.15, 0.2) is 0 Å². The fourth-order valence-electron chi connectivity index (χ4n) is 2.05. The van der Waals surface area contributed by atoms with E-state index in [9.17, 15) is 4.79 Å². The zero-order chi connectivity index (χ0) is 15.8. The topological polar surface area (TPSA) is 38.3 Å². The van der Waals surface area contributed by atoms with Crippen molar-refractivity contribution >= 4 is 5.91 Å². The SMILES string of the molecule is CC(C)CCNC(=O)Cc1ccc(Oc2ccccc2)cc1. The minimum absolute atomic E-state index is 0.0670. The molecule has 1 amide bonds. The highest BCUT2D eigenvalue weighted by atomic mass is 16.5. The van der Waals surface area contributed by atoms with Crippen LogP contribution in [0.5, 0.6) is 11.5 Å². The average Bonchev–Trinajstić information content (AvgIpc) is 2.50. The van der Waals surface area contributed by atoms with E-state index in [-0.39, 0.29) is 5.91 Å². The highest BCUT2D eigenvalue weighted by Gasteiger charge is 2.04. The summed E-state index contributed by atoms with van der Waals surface area (Å²) in [5.74, 6) is 2.25. The van der Waals surface area contributed by atoms with Crippen molar-refractivity contribution in [1.29, 1.82) is 0 Å². The third-order valence-electron chi connectivity index (χ3n) is 3.31. The van der Waals surface area contributed by atoms with Crippen LogP contribution in [-0.4, -0.2) is 12.5 Å². The molecule has 0 atom stereocenters. The normalized spacial score (nSPS) is 10.5. The number of hydrogen-bond donors (Lipinski definition) is 1. The van der Waals surface area contributed by atoms with Gasteiger partial charge in [0.05, 0.1) is 6.42 Å². The molecule has 0 spiro atoms. The number of nitrogens with one attached hydrogen (secondary N) is 1. The van der Waals surface area contributed by atoms with E-state index in [1.165, 1.54) is 0 Å². The lowest BCUT2D eigenvalue weighted by molar-refractivity contribution is -0.120. The van der Waals surface area contributed by atoms with Crippen LogP contribution in [0.25, 0.3) is 0 Å².